The minimum atomic E-state index is -0.358. The summed E-state index contributed by atoms with van der Waals surface area (Å²) in [6.45, 7) is 10.0. The maximum absolute atomic E-state index is 12.5. The number of imidazole rings is 1. The Morgan fingerprint density at radius 2 is 1.94 bits per heavy atom. The summed E-state index contributed by atoms with van der Waals surface area (Å²) in [5.41, 5.74) is 5.11. The Kier molecular flexibility index (Phi) is 7.28. The van der Waals surface area contributed by atoms with E-state index in [1.165, 1.54) is 6.08 Å². The van der Waals surface area contributed by atoms with Crippen LogP contribution in [-0.4, -0.2) is 39.1 Å². The van der Waals surface area contributed by atoms with Crippen molar-refractivity contribution in [2.75, 3.05) is 13.2 Å². The molecule has 0 saturated carbocycles. The van der Waals surface area contributed by atoms with Crippen LogP contribution in [0.1, 0.15) is 47.6 Å². The number of nitrogens with one attached hydrogen (secondary N) is 1. The summed E-state index contributed by atoms with van der Waals surface area (Å²) in [6.07, 6.45) is 5.81. The van der Waals surface area contributed by atoms with Gasteiger partial charge in [-0.05, 0) is 52.3 Å². The topological polar surface area (TPSA) is 78.2 Å². The summed E-state index contributed by atoms with van der Waals surface area (Å²) < 4.78 is 9.36. The van der Waals surface area contributed by atoms with Crippen molar-refractivity contribution in [3.63, 3.8) is 0 Å². The molecule has 31 heavy (non-hydrogen) atoms. The average Bonchev–Trinajstić information content (AvgIpc) is 3.27. The number of ether oxygens (including phenoxy) is 1. The number of rotatable bonds is 9. The van der Waals surface area contributed by atoms with Crippen molar-refractivity contribution in [3.8, 4) is 0 Å². The standard InChI is InChI=1S/C24H30N4O3/c1-5-28-17(3)19(23(18(28)4)24(30)31-6-2)12-13-22(29)25-14-9-15-27-16-26-20-10-7-8-11-21(20)27/h7-8,10-13,16H,5-6,9,14-15H2,1-4H3,(H,25,29)/b13-12+. The van der Waals surface area contributed by atoms with Crippen molar-refractivity contribution in [2.45, 2.75) is 47.2 Å². The van der Waals surface area contributed by atoms with Crippen LogP contribution >= 0.6 is 0 Å². The highest BCUT2D eigenvalue weighted by Gasteiger charge is 2.22. The van der Waals surface area contributed by atoms with Gasteiger partial charge in [0.15, 0.2) is 0 Å². The molecule has 7 heteroatoms. The summed E-state index contributed by atoms with van der Waals surface area (Å²) in [4.78, 5) is 29.2. The van der Waals surface area contributed by atoms with Gasteiger partial charge in [-0.25, -0.2) is 9.78 Å². The molecule has 164 valence electrons. The number of esters is 1. The molecular formula is C24H30N4O3. The summed E-state index contributed by atoms with van der Waals surface area (Å²) in [5, 5.41) is 2.91. The molecule has 1 aromatic carbocycles. The number of benzene rings is 1. The van der Waals surface area contributed by atoms with Gasteiger partial charge >= 0.3 is 5.97 Å². The number of carbonyl (C=O) groups excluding carboxylic acids is 2. The molecule has 2 heterocycles. The molecule has 1 N–H and O–H groups in total. The Morgan fingerprint density at radius 1 is 1.16 bits per heavy atom. The smallest absolute Gasteiger partial charge is 0.340 e. The molecule has 0 saturated heterocycles. The quantitative estimate of drug-likeness (QED) is 0.323. The van der Waals surface area contributed by atoms with Gasteiger partial charge in [-0.3, -0.25) is 4.79 Å². The van der Waals surface area contributed by atoms with Gasteiger partial charge in [-0.2, -0.15) is 0 Å². The lowest BCUT2D eigenvalue weighted by molar-refractivity contribution is -0.116. The molecule has 0 fully saturated rings. The van der Waals surface area contributed by atoms with Crippen LogP contribution in [0.25, 0.3) is 17.1 Å². The van der Waals surface area contributed by atoms with Crippen molar-refractivity contribution < 1.29 is 14.3 Å². The summed E-state index contributed by atoms with van der Waals surface area (Å²) in [5.74, 6) is -0.547. The van der Waals surface area contributed by atoms with Crippen molar-refractivity contribution in [1.82, 2.24) is 19.4 Å². The highest BCUT2D eigenvalue weighted by molar-refractivity contribution is 5.98. The van der Waals surface area contributed by atoms with E-state index in [2.05, 4.69) is 19.4 Å². The second-order valence-corrected chi connectivity index (χ2v) is 7.33. The van der Waals surface area contributed by atoms with Gasteiger partial charge in [0.05, 0.1) is 29.5 Å². The van der Waals surface area contributed by atoms with Crippen molar-refractivity contribution >= 4 is 29.0 Å². The predicted molar refractivity (Wildman–Crippen MR) is 122 cm³/mol. The van der Waals surface area contributed by atoms with Crippen LogP contribution in [0.3, 0.4) is 0 Å². The number of nitrogens with zero attached hydrogens (tertiary/aromatic N) is 3. The molecule has 0 radical (unpaired) electrons. The number of aromatic nitrogens is 3. The Labute approximate surface area is 182 Å². The molecule has 0 unspecified atom stereocenters. The lowest BCUT2D eigenvalue weighted by Gasteiger charge is -2.05. The second kappa shape index (κ2) is 10.1. The molecule has 0 atom stereocenters. The number of hydrogen-bond donors (Lipinski definition) is 1. The number of aryl methyl sites for hydroxylation is 1. The summed E-state index contributed by atoms with van der Waals surface area (Å²) in [7, 11) is 0. The van der Waals surface area contributed by atoms with Crippen LogP contribution in [0.4, 0.5) is 0 Å². The van der Waals surface area contributed by atoms with E-state index in [1.807, 2.05) is 51.4 Å². The Hall–Kier alpha value is -3.35. The highest BCUT2D eigenvalue weighted by Crippen LogP contribution is 2.25. The van der Waals surface area contributed by atoms with Crippen LogP contribution in [0.15, 0.2) is 36.7 Å². The molecule has 0 aliphatic carbocycles. The zero-order valence-corrected chi connectivity index (χ0v) is 18.6. The fourth-order valence-electron chi connectivity index (χ4n) is 3.91. The third-order valence-electron chi connectivity index (χ3n) is 5.43. The van der Waals surface area contributed by atoms with Crippen molar-refractivity contribution in [1.29, 1.82) is 0 Å². The van der Waals surface area contributed by atoms with E-state index >= 15 is 0 Å². The first kappa shape index (κ1) is 22.3. The van der Waals surface area contributed by atoms with Gasteiger partial charge in [0.2, 0.25) is 5.91 Å². The average molecular weight is 423 g/mol. The van der Waals surface area contributed by atoms with E-state index in [1.54, 1.807) is 13.0 Å². The van der Waals surface area contributed by atoms with E-state index in [0.29, 0.717) is 18.7 Å². The molecule has 0 aliphatic rings. The van der Waals surface area contributed by atoms with E-state index in [9.17, 15) is 9.59 Å². The monoisotopic (exact) mass is 422 g/mol. The first-order valence-electron chi connectivity index (χ1n) is 10.7. The zero-order valence-electron chi connectivity index (χ0n) is 18.6. The predicted octanol–water partition coefficient (Wildman–Crippen LogP) is 3.87. The number of para-hydroxylation sites is 2. The van der Waals surface area contributed by atoms with Gasteiger partial charge in [0.1, 0.15) is 0 Å². The molecule has 3 aromatic rings. The summed E-state index contributed by atoms with van der Waals surface area (Å²) >= 11 is 0. The molecule has 0 spiro atoms. The van der Waals surface area contributed by atoms with Gasteiger partial charge in [-0.1, -0.05) is 12.1 Å². The van der Waals surface area contributed by atoms with E-state index in [4.69, 9.17) is 4.74 Å². The highest BCUT2D eigenvalue weighted by atomic mass is 16.5. The number of fused-ring (bicyclic) bond motifs is 1. The Bertz CT molecular complexity index is 1110. The van der Waals surface area contributed by atoms with Crippen molar-refractivity contribution in [3.05, 3.63) is 59.2 Å². The summed E-state index contributed by atoms with van der Waals surface area (Å²) in [6, 6.07) is 7.99. The molecule has 0 aliphatic heterocycles. The first-order chi connectivity index (χ1) is 15.0. The van der Waals surface area contributed by atoms with Gasteiger partial charge in [-0.15, -0.1) is 0 Å². The van der Waals surface area contributed by atoms with Gasteiger partial charge in [0.25, 0.3) is 0 Å². The first-order valence-corrected chi connectivity index (χ1v) is 10.7. The van der Waals surface area contributed by atoms with E-state index in [0.717, 1.165) is 47.5 Å². The van der Waals surface area contributed by atoms with Crippen LogP contribution in [-0.2, 0) is 22.6 Å². The Balaban J connectivity index is 1.61. The maximum atomic E-state index is 12.5. The Morgan fingerprint density at radius 3 is 2.68 bits per heavy atom. The molecule has 3 rings (SSSR count). The second-order valence-electron chi connectivity index (χ2n) is 7.33. The maximum Gasteiger partial charge on any atom is 0.340 e. The fourth-order valence-corrected chi connectivity index (χ4v) is 3.91. The third-order valence-corrected chi connectivity index (χ3v) is 5.43. The van der Waals surface area contributed by atoms with Crippen LogP contribution in [0.5, 0.6) is 0 Å². The number of hydrogen-bond acceptors (Lipinski definition) is 4. The minimum Gasteiger partial charge on any atom is -0.462 e. The number of carbonyl (C=O) groups is 2. The molecule has 7 nitrogen and oxygen atoms in total. The van der Waals surface area contributed by atoms with Gasteiger partial charge < -0.3 is 19.2 Å². The molecule has 1 amide bonds. The lowest BCUT2D eigenvalue weighted by atomic mass is 10.1. The van der Waals surface area contributed by atoms with E-state index in [-0.39, 0.29) is 11.9 Å². The van der Waals surface area contributed by atoms with Crippen LogP contribution in [0, 0.1) is 13.8 Å². The normalized spacial score (nSPS) is 11.4. The zero-order chi connectivity index (χ0) is 22.4. The molecule has 0 bridgehead atoms. The van der Waals surface area contributed by atoms with Crippen LogP contribution < -0.4 is 5.32 Å². The van der Waals surface area contributed by atoms with Crippen LogP contribution in [0.2, 0.25) is 0 Å². The SMILES string of the molecule is CCOC(=O)c1c(/C=C/C(=O)NCCCn2cnc3ccccc32)c(C)n(CC)c1C. The molecular weight excluding hydrogens is 392 g/mol. The minimum absolute atomic E-state index is 0.188. The third kappa shape index (κ3) is 4.87. The number of amides is 1. The lowest BCUT2D eigenvalue weighted by Crippen LogP contribution is -2.23. The fraction of sp³-hybridized carbons (Fsp3) is 0.375. The van der Waals surface area contributed by atoms with Gasteiger partial charge in [0, 0.05) is 42.7 Å². The molecule has 2 aromatic heterocycles. The van der Waals surface area contributed by atoms with Crippen molar-refractivity contribution in [2.24, 2.45) is 0 Å². The van der Waals surface area contributed by atoms with E-state index < -0.39 is 0 Å². The largest absolute Gasteiger partial charge is 0.462 e.